The zero-order chi connectivity index (χ0) is 15.3. The van der Waals surface area contributed by atoms with Crippen molar-refractivity contribution < 1.29 is 4.74 Å². The predicted octanol–water partition coefficient (Wildman–Crippen LogP) is 3.00. The molecule has 2 unspecified atom stereocenters. The molecule has 124 valence electrons. The van der Waals surface area contributed by atoms with Crippen LogP contribution in [0.25, 0.3) is 0 Å². The third kappa shape index (κ3) is 5.74. The van der Waals surface area contributed by atoms with Crippen molar-refractivity contribution in [3.8, 4) is 0 Å². The highest BCUT2D eigenvalue weighted by Gasteiger charge is 2.39. The van der Waals surface area contributed by atoms with Crippen molar-refractivity contribution >= 4 is 11.8 Å². The smallest absolute Gasteiger partial charge is 0.0713 e. The SMILES string of the molecule is CC(C)CC(CN(C)C)NC1CCOC2(CCSCC2)C1. The van der Waals surface area contributed by atoms with E-state index in [2.05, 4.69) is 49.9 Å². The minimum Gasteiger partial charge on any atom is -0.375 e. The van der Waals surface area contributed by atoms with Gasteiger partial charge >= 0.3 is 0 Å². The monoisotopic (exact) mass is 314 g/mol. The largest absolute Gasteiger partial charge is 0.375 e. The van der Waals surface area contributed by atoms with Gasteiger partial charge in [0, 0.05) is 25.2 Å². The third-order valence-corrected chi connectivity index (χ3v) is 5.70. The van der Waals surface area contributed by atoms with E-state index in [4.69, 9.17) is 4.74 Å². The van der Waals surface area contributed by atoms with Gasteiger partial charge in [-0.1, -0.05) is 13.8 Å². The van der Waals surface area contributed by atoms with Crippen LogP contribution in [0.15, 0.2) is 0 Å². The van der Waals surface area contributed by atoms with Crippen LogP contribution in [0, 0.1) is 5.92 Å². The Hall–Kier alpha value is 0.230. The first-order valence-electron chi connectivity index (χ1n) is 8.61. The van der Waals surface area contributed by atoms with Crippen LogP contribution in [0.5, 0.6) is 0 Å². The molecule has 3 nitrogen and oxygen atoms in total. The molecule has 2 aliphatic heterocycles. The van der Waals surface area contributed by atoms with Crippen LogP contribution >= 0.6 is 11.8 Å². The summed E-state index contributed by atoms with van der Waals surface area (Å²) in [5.41, 5.74) is 0.196. The number of ether oxygens (including phenoxy) is 1. The van der Waals surface area contributed by atoms with Crippen molar-refractivity contribution in [2.75, 3.05) is 38.8 Å². The molecule has 0 aromatic heterocycles. The van der Waals surface area contributed by atoms with Crippen LogP contribution in [-0.2, 0) is 4.74 Å². The van der Waals surface area contributed by atoms with E-state index in [9.17, 15) is 0 Å². The summed E-state index contributed by atoms with van der Waals surface area (Å²) >= 11 is 2.09. The molecule has 0 aliphatic carbocycles. The number of hydrogen-bond donors (Lipinski definition) is 1. The van der Waals surface area contributed by atoms with Gasteiger partial charge in [-0.2, -0.15) is 11.8 Å². The van der Waals surface area contributed by atoms with E-state index in [0.29, 0.717) is 12.1 Å². The lowest BCUT2D eigenvalue weighted by atomic mass is 9.85. The fourth-order valence-electron chi connectivity index (χ4n) is 3.80. The molecule has 0 saturated carbocycles. The minimum atomic E-state index is 0.196. The molecule has 0 aromatic rings. The lowest BCUT2D eigenvalue weighted by Gasteiger charge is -2.44. The van der Waals surface area contributed by atoms with E-state index < -0.39 is 0 Å². The summed E-state index contributed by atoms with van der Waals surface area (Å²) in [5.74, 6) is 3.31. The molecule has 0 bridgehead atoms. The molecule has 21 heavy (non-hydrogen) atoms. The molecule has 1 N–H and O–H groups in total. The highest BCUT2D eigenvalue weighted by atomic mass is 32.2. The molecule has 2 heterocycles. The van der Waals surface area contributed by atoms with E-state index in [1.54, 1.807) is 0 Å². The van der Waals surface area contributed by atoms with Crippen LogP contribution in [-0.4, -0.2) is 61.3 Å². The van der Waals surface area contributed by atoms with E-state index in [0.717, 1.165) is 19.1 Å². The van der Waals surface area contributed by atoms with Gasteiger partial charge in [-0.15, -0.1) is 0 Å². The molecule has 2 atom stereocenters. The first kappa shape index (κ1) is 17.6. The van der Waals surface area contributed by atoms with Gasteiger partial charge in [-0.3, -0.25) is 0 Å². The number of thioether (sulfide) groups is 1. The molecule has 4 heteroatoms. The Kier molecular flexibility index (Phi) is 6.85. The van der Waals surface area contributed by atoms with E-state index >= 15 is 0 Å². The molecule has 0 radical (unpaired) electrons. The second kappa shape index (κ2) is 8.19. The summed E-state index contributed by atoms with van der Waals surface area (Å²) in [6.07, 6.45) is 6.15. The Balaban J connectivity index is 1.89. The Morgan fingerprint density at radius 3 is 2.62 bits per heavy atom. The molecule has 2 saturated heterocycles. The van der Waals surface area contributed by atoms with Crippen molar-refractivity contribution in [3.05, 3.63) is 0 Å². The highest BCUT2D eigenvalue weighted by molar-refractivity contribution is 7.99. The molecular formula is C17H34N2OS. The lowest BCUT2D eigenvalue weighted by Crippen LogP contribution is -2.53. The van der Waals surface area contributed by atoms with E-state index in [-0.39, 0.29) is 5.60 Å². The van der Waals surface area contributed by atoms with Gasteiger partial charge in [-0.05, 0) is 63.6 Å². The molecular weight excluding hydrogens is 280 g/mol. The van der Waals surface area contributed by atoms with Crippen LogP contribution in [0.2, 0.25) is 0 Å². The van der Waals surface area contributed by atoms with Gasteiger partial charge in [0.25, 0.3) is 0 Å². The van der Waals surface area contributed by atoms with Gasteiger partial charge in [0.15, 0.2) is 0 Å². The lowest BCUT2D eigenvalue weighted by molar-refractivity contribution is -0.0945. The Bertz CT molecular complexity index is 288. The van der Waals surface area contributed by atoms with Gasteiger partial charge in [-0.25, -0.2) is 0 Å². The minimum absolute atomic E-state index is 0.196. The van der Waals surface area contributed by atoms with Crippen LogP contribution in [0.1, 0.15) is 46.0 Å². The van der Waals surface area contributed by atoms with Gasteiger partial charge < -0.3 is 15.0 Å². The Morgan fingerprint density at radius 1 is 1.29 bits per heavy atom. The topological polar surface area (TPSA) is 24.5 Å². The number of nitrogens with one attached hydrogen (secondary N) is 1. The number of nitrogens with zero attached hydrogens (tertiary/aromatic N) is 1. The normalized spacial score (nSPS) is 27.4. The first-order valence-corrected chi connectivity index (χ1v) is 9.77. The summed E-state index contributed by atoms with van der Waals surface area (Å²) in [6.45, 7) is 6.74. The van der Waals surface area contributed by atoms with Crippen LogP contribution < -0.4 is 5.32 Å². The first-order chi connectivity index (χ1) is 9.99. The molecule has 2 aliphatic rings. The molecule has 0 amide bonds. The van der Waals surface area contributed by atoms with Gasteiger partial charge in [0.2, 0.25) is 0 Å². The summed E-state index contributed by atoms with van der Waals surface area (Å²) < 4.78 is 6.22. The maximum Gasteiger partial charge on any atom is 0.0713 e. The summed E-state index contributed by atoms with van der Waals surface area (Å²) in [4.78, 5) is 2.31. The maximum absolute atomic E-state index is 6.22. The standard InChI is InChI=1S/C17H34N2OS/c1-14(2)11-16(13-19(3)4)18-15-5-8-20-17(12-15)6-9-21-10-7-17/h14-16,18H,5-13H2,1-4H3. The Labute approximate surface area is 135 Å². The second-order valence-electron chi connectivity index (χ2n) is 7.59. The van der Waals surface area contributed by atoms with Gasteiger partial charge in [0.05, 0.1) is 5.60 Å². The van der Waals surface area contributed by atoms with Crippen molar-refractivity contribution in [1.29, 1.82) is 0 Å². The van der Waals surface area contributed by atoms with Crippen LogP contribution in [0.4, 0.5) is 0 Å². The summed E-state index contributed by atoms with van der Waals surface area (Å²) in [5, 5.41) is 3.96. The highest BCUT2D eigenvalue weighted by Crippen LogP contribution is 2.37. The maximum atomic E-state index is 6.22. The average molecular weight is 315 g/mol. The van der Waals surface area contributed by atoms with Crippen molar-refractivity contribution in [2.45, 2.75) is 63.6 Å². The third-order valence-electron chi connectivity index (χ3n) is 4.71. The molecule has 0 aromatic carbocycles. The van der Waals surface area contributed by atoms with Crippen molar-refractivity contribution in [2.24, 2.45) is 5.92 Å². The fraction of sp³-hybridized carbons (Fsp3) is 1.00. The average Bonchev–Trinajstić information content (AvgIpc) is 2.38. The molecule has 2 fully saturated rings. The van der Waals surface area contributed by atoms with Crippen LogP contribution in [0.3, 0.4) is 0 Å². The van der Waals surface area contributed by atoms with E-state index in [1.807, 2.05) is 0 Å². The quantitative estimate of drug-likeness (QED) is 0.814. The number of rotatable bonds is 6. The van der Waals surface area contributed by atoms with Crippen molar-refractivity contribution in [1.82, 2.24) is 10.2 Å². The van der Waals surface area contributed by atoms with E-state index in [1.165, 1.54) is 43.6 Å². The zero-order valence-corrected chi connectivity index (χ0v) is 15.2. The fourth-order valence-corrected chi connectivity index (χ4v) is 5.04. The summed E-state index contributed by atoms with van der Waals surface area (Å²) in [6, 6.07) is 1.25. The van der Waals surface area contributed by atoms with Gasteiger partial charge in [0.1, 0.15) is 0 Å². The second-order valence-corrected chi connectivity index (χ2v) is 8.81. The zero-order valence-electron chi connectivity index (χ0n) is 14.4. The summed E-state index contributed by atoms with van der Waals surface area (Å²) in [7, 11) is 4.36. The number of hydrogen-bond acceptors (Lipinski definition) is 4. The molecule has 1 spiro atoms. The number of likely N-dealkylation sites (N-methyl/N-ethyl adjacent to an activating group) is 1. The van der Waals surface area contributed by atoms with Crippen molar-refractivity contribution in [3.63, 3.8) is 0 Å². The Morgan fingerprint density at radius 2 is 2.00 bits per heavy atom. The predicted molar refractivity (Wildman–Crippen MR) is 93.2 cm³/mol. The molecule has 2 rings (SSSR count).